The van der Waals surface area contributed by atoms with Crippen molar-refractivity contribution in [3.05, 3.63) is 0 Å². The molecule has 0 bridgehead atoms. The third kappa shape index (κ3) is 10.1. The molecule has 1 aliphatic carbocycles. The topological polar surface area (TPSA) is 36.6 Å². The van der Waals surface area contributed by atoms with Crippen molar-refractivity contribution in [2.45, 2.75) is 109 Å². The summed E-state index contributed by atoms with van der Waals surface area (Å²) < 4.78 is 5.37. The summed E-state index contributed by atoms with van der Waals surface area (Å²) in [5.41, 5.74) is 0. The molecule has 1 atom stereocenters. The molecule has 1 aliphatic heterocycles. The van der Waals surface area contributed by atoms with Gasteiger partial charge in [0, 0.05) is 6.67 Å². The molecule has 2 rings (SSSR count). The first-order chi connectivity index (χ1) is 11.9. The van der Waals surface area contributed by atoms with Gasteiger partial charge in [-0.3, -0.25) is 0 Å². The van der Waals surface area contributed by atoms with Gasteiger partial charge in [0.2, 0.25) is 0 Å². The van der Waals surface area contributed by atoms with Crippen LogP contribution in [0.25, 0.3) is 0 Å². The van der Waals surface area contributed by atoms with Crippen LogP contribution >= 0.6 is 0 Å². The van der Waals surface area contributed by atoms with Gasteiger partial charge in [-0.15, -0.1) is 0 Å². The summed E-state index contributed by atoms with van der Waals surface area (Å²) in [5, 5.41) is 6.93. The fraction of sp³-hybridized carbons (Fsp3) is 1.00. The van der Waals surface area contributed by atoms with Crippen molar-refractivity contribution < 1.29 is 4.65 Å². The van der Waals surface area contributed by atoms with Crippen molar-refractivity contribution in [3.8, 4) is 0 Å². The van der Waals surface area contributed by atoms with Gasteiger partial charge >= 0.3 is 7.05 Å². The van der Waals surface area contributed by atoms with E-state index in [0.29, 0.717) is 13.1 Å². The first-order valence-electron chi connectivity index (χ1n) is 11.0. The minimum atomic E-state index is 0.302. The Morgan fingerprint density at radius 2 is 1.25 bits per heavy atom. The summed E-state index contributed by atoms with van der Waals surface area (Å²) in [7, 11) is 0.302. The van der Waals surface area contributed by atoms with Crippen LogP contribution < -0.4 is 10.5 Å². The molecule has 1 saturated heterocycles. The highest BCUT2D eigenvalue weighted by Crippen LogP contribution is 2.22. The predicted octanol–water partition coefficient (Wildman–Crippen LogP) is 5.05. The summed E-state index contributed by atoms with van der Waals surface area (Å²) in [5.74, 6) is 0.943. The van der Waals surface area contributed by atoms with E-state index in [4.69, 9.17) is 4.65 Å². The molecule has 140 valence electrons. The van der Waals surface area contributed by atoms with Crippen LogP contribution in [0.2, 0.25) is 0 Å². The maximum Gasteiger partial charge on any atom is 0.409 e. The highest BCUT2D eigenvalue weighted by atomic mass is 16.5. The maximum atomic E-state index is 5.37. The summed E-state index contributed by atoms with van der Waals surface area (Å²) in [6, 6.07) is 0.413. The molecule has 0 amide bonds. The highest BCUT2D eigenvalue weighted by Gasteiger charge is 2.40. The number of rotatable bonds is 6. The van der Waals surface area contributed by atoms with Crippen molar-refractivity contribution in [1.29, 1.82) is 0 Å². The van der Waals surface area contributed by atoms with Crippen LogP contribution in [0.3, 0.4) is 0 Å². The Morgan fingerprint density at radius 1 is 0.792 bits per heavy atom. The van der Waals surface area contributed by atoms with E-state index in [1.165, 1.54) is 96.3 Å². The Labute approximate surface area is 151 Å². The monoisotopic (exact) mass is 336 g/mol. The zero-order valence-electron chi connectivity index (χ0n) is 16.2. The van der Waals surface area contributed by atoms with Gasteiger partial charge < -0.3 is 15.2 Å². The van der Waals surface area contributed by atoms with E-state index >= 15 is 0 Å². The zero-order chi connectivity index (χ0) is 16.9. The van der Waals surface area contributed by atoms with Crippen molar-refractivity contribution >= 4 is 7.05 Å². The Bertz CT molecular complexity index is 287. The molecule has 4 heteroatoms. The lowest BCUT2D eigenvalue weighted by molar-refractivity contribution is 0.374. The Hall–Kier alpha value is -0.0551. The lowest BCUT2D eigenvalue weighted by Gasteiger charge is -2.17. The molecule has 0 aromatic carbocycles. The first-order valence-corrected chi connectivity index (χ1v) is 11.0. The fourth-order valence-corrected chi connectivity index (χ4v) is 4.03. The van der Waals surface area contributed by atoms with E-state index in [1.807, 2.05) is 0 Å². The molecule has 0 aromatic heterocycles. The predicted molar refractivity (Wildman–Crippen MR) is 105 cm³/mol. The van der Waals surface area contributed by atoms with Crippen LogP contribution in [0.15, 0.2) is 0 Å². The molecule has 2 fully saturated rings. The van der Waals surface area contributed by atoms with E-state index in [-0.39, 0.29) is 0 Å². The van der Waals surface area contributed by atoms with Gasteiger partial charge in [-0.05, 0) is 25.8 Å². The fourth-order valence-electron chi connectivity index (χ4n) is 4.03. The third-order valence-corrected chi connectivity index (χ3v) is 5.84. The maximum absolute atomic E-state index is 5.37. The number of nitrogens with one attached hydrogen (secondary N) is 2. The van der Waals surface area contributed by atoms with Crippen molar-refractivity contribution in [2.24, 2.45) is 5.92 Å². The first kappa shape index (κ1) is 20.3. The molecule has 1 heterocycles. The molecule has 1 saturated carbocycles. The van der Waals surface area contributed by atoms with E-state index in [1.54, 1.807) is 0 Å². The summed E-state index contributed by atoms with van der Waals surface area (Å²) in [4.78, 5) is 0. The molecule has 1 unspecified atom stereocenters. The second kappa shape index (κ2) is 13.2. The Morgan fingerprint density at radius 3 is 1.71 bits per heavy atom. The van der Waals surface area contributed by atoms with Crippen LogP contribution in [0.1, 0.15) is 103 Å². The molecule has 2 aliphatic rings. The van der Waals surface area contributed by atoms with Gasteiger partial charge in [-0.1, -0.05) is 89.9 Å². The van der Waals surface area contributed by atoms with Gasteiger partial charge in [0.1, 0.15) is 0 Å². The third-order valence-electron chi connectivity index (χ3n) is 5.84. The van der Waals surface area contributed by atoms with Gasteiger partial charge in [0.05, 0.1) is 6.00 Å². The van der Waals surface area contributed by atoms with Crippen LogP contribution in [0, 0.1) is 5.92 Å². The molecule has 24 heavy (non-hydrogen) atoms. The second-order valence-electron chi connectivity index (χ2n) is 8.12. The highest BCUT2D eigenvalue weighted by molar-refractivity contribution is 6.59. The summed E-state index contributed by atoms with van der Waals surface area (Å²) >= 11 is 0. The zero-order valence-corrected chi connectivity index (χ0v) is 16.2. The molecule has 0 radical (unpaired) electrons. The van der Waals surface area contributed by atoms with Crippen molar-refractivity contribution in [2.75, 3.05) is 13.2 Å². The Kier molecular flexibility index (Phi) is 11.1. The van der Waals surface area contributed by atoms with Crippen molar-refractivity contribution in [1.82, 2.24) is 10.5 Å². The van der Waals surface area contributed by atoms with Gasteiger partial charge in [-0.25, -0.2) is 0 Å². The van der Waals surface area contributed by atoms with Crippen LogP contribution in [0.5, 0.6) is 0 Å². The van der Waals surface area contributed by atoms with Gasteiger partial charge in [-0.2, -0.15) is 0 Å². The largest absolute Gasteiger partial charge is 0.420 e. The Balaban J connectivity index is 1.55. The minimum absolute atomic E-state index is 0.302. The lowest BCUT2D eigenvalue weighted by Crippen LogP contribution is -2.35. The standard InChI is InChI=1S/C20H41BN2O/c1-19-21(24-19)23-18-22-17-16-20-14-12-10-8-6-4-2-3-5-7-9-11-13-15-20/h19-20,22-23H,2-18H2,1H3. The van der Waals surface area contributed by atoms with Crippen LogP contribution in [-0.4, -0.2) is 26.3 Å². The molecular weight excluding hydrogens is 295 g/mol. The van der Waals surface area contributed by atoms with E-state index in [2.05, 4.69) is 17.5 Å². The van der Waals surface area contributed by atoms with Crippen LogP contribution in [0.4, 0.5) is 0 Å². The van der Waals surface area contributed by atoms with E-state index < -0.39 is 0 Å². The second-order valence-corrected chi connectivity index (χ2v) is 8.12. The summed E-state index contributed by atoms with van der Waals surface area (Å²) in [6.07, 6.45) is 21.9. The lowest BCUT2D eigenvalue weighted by atomic mass is 9.89. The van der Waals surface area contributed by atoms with E-state index in [9.17, 15) is 0 Å². The minimum Gasteiger partial charge on any atom is -0.420 e. The molecular formula is C20H41BN2O. The molecule has 2 N–H and O–H groups in total. The number of hydrogen-bond donors (Lipinski definition) is 2. The quantitative estimate of drug-likeness (QED) is 0.308. The smallest absolute Gasteiger partial charge is 0.409 e. The summed E-state index contributed by atoms with van der Waals surface area (Å²) in [6.45, 7) is 4.16. The van der Waals surface area contributed by atoms with Gasteiger partial charge in [0.15, 0.2) is 0 Å². The number of hydrogen-bond acceptors (Lipinski definition) is 3. The van der Waals surface area contributed by atoms with E-state index in [0.717, 1.165) is 19.1 Å². The average molecular weight is 336 g/mol. The van der Waals surface area contributed by atoms with Crippen LogP contribution in [-0.2, 0) is 4.65 Å². The van der Waals surface area contributed by atoms with Gasteiger partial charge in [0.25, 0.3) is 0 Å². The SMILES string of the molecule is CC1OB1NCNCCC1CCCCCCCCCCCCCC1. The normalized spacial score (nSPS) is 25.9. The average Bonchev–Trinajstić information content (AvgIpc) is 3.28. The molecule has 0 aromatic rings. The molecule has 0 spiro atoms. The molecule has 3 nitrogen and oxygen atoms in total. The van der Waals surface area contributed by atoms with Crippen molar-refractivity contribution in [3.63, 3.8) is 0 Å².